The quantitative estimate of drug-likeness (QED) is 0.520. The molecule has 150 valence electrons. The van der Waals surface area contributed by atoms with Crippen molar-refractivity contribution in [2.24, 2.45) is 0 Å². The van der Waals surface area contributed by atoms with Gasteiger partial charge in [-0.25, -0.2) is 0 Å². The minimum Gasteiger partial charge on any atom is -0.493 e. The molecule has 0 bridgehead atoms. The fourth-order valence-corrected chi connectivity index (χ4v) is 3.26. The minimum absolute atomic E-state index is 0.226. The second-order valence-corrected chi connectivity index (χ2v) is 7.21. The van der Waals surface area contributed by atoms with Crippen LogP contribution in [0.3, 0.4) is 0 Å². The van der Waals surface area contributed by atoms with Gasteiger partial charge < -0.3 is 19.5 Å². The Bertz CT molecular complexity index is 951. The molecule has 0 heterocycles. The first-order chi connectivity index (χ1) is 14.1. The number of rotatable bonds is 8. The molecule has 0 aliphatic carbocycles. The highest BCUT2D eigenvalue weighted by molar-refractivity contribution is 9.10. The normalized spacial score (nSPS) is 10.3. The second-order valence-electron chi connectivity index (χ2n) is 6.30. The summed E-state index contributed by atoms with van der Waals surface area (Å²) in [6, 6.07) is 20.9. The molecule has 0 saturated carbocycles. The third kappa shape index (κ3) is 5.51. The SMILES string of the molecule is COc1cc(C(=O)NCc2cccc(Br)c2)cc(OC)c1OCc1ccccc1. The summed E-state index contributed by atoms with van der Waals surface area (Å²) in [5.41, 5.74) is 2.45. The molecule has 0 aliphatic heterocycles. The molecule has 29 heavy (non-hydrogen) atoms. The average Bonchev–Trinajstić information content (AvgIpc) is 2.76. The van der Waals surface area contributed by atoms with E-state index in [1.165, 1.54) is 14.2 Å². The number of ether oxygens (including phenoxy) is 3. The molecule has 5 nitrogen and oxygen atoms in total. The summed E-state index contributed by atoms with van der Waals surface area (Å²) in [7, 11) is 3.07. The van der Waals surface area contributed by atoms with Crippen molar-refractivity contribution in [1.29, 1.82) is 0 Å². The van der Waals surface area contributed by atoms with Crippen molar-refractivity contribution < 1.29 is 19.0 Å². The van der Waals surface area contributed by atoms with Gasteiger partial charge in [0.15, 0.2) is 11.5 Å². The number of carbonyl (C=O) groups excluding carboxylic acids is 1. The molecule has 0 radical (unpaired) electrons. The second kappa shape index (κ2) is 9.98. The molecular formula is C23H22BrNO4. The lowest BCUT2D eigenvalue weighted by Crippen LogP contribution is -2.23. The maximum Gasteiger partial charge on any atom is 0.251 e. The lowest BCUT2D eigenvalue weighted by atomic mass is 10.1. The van der Waals surface area contributed by atoms with Gasteiger partial charge in [0, 0.05) is 16.6 Å². The monoisotopic (exact) mass is 455 g/mol. The summed E-state index contributed by atoms with van der Waals surface area (Å²) < 4.78 is 17.8. The average molecular weight is 456 g/mol. The van der Waals surface area contributed by atoms with Crippen LogP contribution >= 0.6 is 15.9 Å². The van der Waals surface area contributed by atoms with E-state index in [1.54, 1.807) is 12.1 Å². The Labute approximate surface area is 178 Å². The highest BCUT2D eigenvalue weighted by Crippen LogP contribution is 2.39. The van der Waals surface area contributed by atoms with Gasteiger partial charge in [0.1, 0.15) is 6.61 Å². The minimum atomic E-state index is -0.226. The van der Waals surface area contributed by atoms with Crippen LogP contribution in [0.2, 0.25) is 0 Å². The third-order valence-corrected chi connectivity index (χ3v) is 4.78. The van der Waals surface area contributed by atoms with Gasteiger partial charge in [-0.2, -0.15) is 0 Å². The summed E-state index contributed by atoms with van der Waals surface area (Å²) in [5, 5.41) is 2.91. The number of hydrogen-bond acceptors (Lipinski definition) is 4. The summed E-state index contributed by atoms with van der Waals surface area (Å²) in [5.74, 6) is 1.11. The first-order valence-electron chi connectivity index (χ1n) is 9.06. The topological polar surface area (TPSA) is 56.8 Å². The van der Waals surface area contributed by atoms with Crippen LogP contribution in [0.5, 0.6) is 17.2 Å². The Hall–Kier alpha value is -2.99. The van der Waals surface area contributed by atoms with Gasteiger partial charge in [0.2, 0.25) is 5.75 Å². The van der Waals surface area contributed by atoms with Gasteiger partial charge >= 0.3 is 0 Å². The van der Waals surface area contributed by atoms with Crippen LogP contribution in [0.25, 0.3) is 0 Å². The predicted octanol–water partition coefficient (Wildman–Crippen LogP) is 4.98. The highest BCUT2D eigenvalue weighted by Gasteiger charge is 2.18. The van der Waals surface area contributed by atoms with Crippen LogP contribution in [0, 0.1) is 0 Å². The molecular weight excluding hydrogens is 434 g/mol. The zero-order chi connectivity index (χ0) is 20.6. The van der Waals surface area contributed by atoms with Crippen molar-refractivity contribution in [2.75, 3.05) is 14.2 Å². The first kappa shape index (κ1) is 20.7. The van der Waals surface area contributed by atoms with Crippen molar-refractivity contribution in [1.82, 2.24) is 5.32 Å². The van der Waals surface area contributed by atoms with E-state index >= 15 is 0 Å². The molecule has 0 spiro atoms. The van der Waals surface area contributed by atoms with Crippen molar-refractivity contribution in [3.8, 4) is 17.2 Å². The molecule has 3 aromatic rings. The smallest absolute Gasteiger partial charge is 0.251 e. The van der Waals surface area contributed by atoms with E-state index in [2.05, 4.69) is 21.2 Å². The molecule has 0 unspecified atom stereocenters. The Balaban J connectivity index is 1.76. The number of halogens is 1. The van der Waals surface area contributed by atoms with Gasteiger partial charge in [-0.3, -0.25) is 4.79 Å². The van der Waals surface area contributed by atoms with Crippen molar-refractivity contribution in [2.45, 2.75) is 13.2 Å². The molecule has 1 amide bonds. The summed E-state index contributed by atoms with van der Waals surface area (Å²) in [4.78, 5) is 12.7. The molecule has 3 aromatic carbocycles. The van der Waals surface area contributed by atoms with E-state index in [0.29, 0.717) is 36.0 Å². The maximum absolute atomic E-state index is 12.7. The molecule has 0 atom stereocenters. The Morgan fingerprint density at radius 3 is 2.17 bits per heavy atom. The number of methoxy groups -OCH3 is 2. The summed E-state index contributed by atoms with van der Waals surface area (Å²) in [6.45, 7) is 0.775. The number of hydrogen-bond donors (Lipinski definition) is 1. The number of benzene rings is 3. The lowest BCUT2D eigenvalue weighted by molar-refractivity contribution is 0.0950. The van der Waals surface area contributed by atoms with Crippen molar-refractivity contribution >= 4 is 21.8 Å². The fraction of sp³-hybridized carbons (Fsp3) is 0.174. The van der Waals surface area contributed by atoms with Crippen LogP contribution in [-0.4, -0.2) is 20.1 Å². The number of carbonyl (C=O) groups is 1. The maximum atomic E-state index is 12.7. The molecule has 0 fully saturated rings. The third-order valence-electron chi connectivity index (χ3n) is 4.29. The van der Waals surface area contributed by atoms with Gasteiger partial charge in [-0.1, -0.05) is 58.4 Å². The number of nitrogens with one attached hydrogen (secondary N) is 1. The molecule has 1 N–H and O–H groups in total. The Morgan fingerprint density at radius 2 is 1.55 bits per heavy atom. The Kier molecular flexibility index (Phi) is 7.14. The summed E-state index contributed by atoms with van der Waals surface area (Å²) >= 11 is 3.43. The van der Waals surface area contributed by atoms with Crippen molar-refractivity contribution in [3.63, 3.8) is 0 Å². The highest BCUT2D eigenvalue weighted by atomic mass is 79.9. The van der Waals surface area contributed by atoms with Crippen LogP contribution in [0.15, 0.2) is 71.2 Å². The fourth-order valence-electron chi connectivity index (χ4n) is 2.81. The van der Waals surface area contributed by atoms with E-state index < -0.39 is 0 Å². The van der Waals surface area contributed by atoms with E-state index in [4.69, 9.17) is 14.2 Å². The van der Waals surface area contributed by atoms with Crippen LogP contribution in [0.1, 0.15) is 21.5 Å². The van der Waals surface area contributed by atoms with E-state index in [-0.39, 0.29) is 5.91 Å². The van der Waals surface area contributed by atoms with Gasteiger partial charge in [0.05, 0.1) is 14.2 Å². The standard InChI is InChI=1S/C23H22BrNO4/c1-27-20-12-18(23(26)25-14-17-9-6-10-19(24)11-17)13-21(28-2)22(20)29-15-16-7-4-3-5-8-16/h3-13H,14-15H2,1-2H3,(H,25,26). The molecule has 0 aromatic heterocycles. The van der Waals surface area contributed by atoms with Gasteiger partial charge in [-0.05, 0) is 35.4 Å². The van der Waals surface area contributed by atoms with E-state index in [1.807, 2.05) is 54.6 Å². The first-order valence-corrected chi connectivity index (χ1v) is 9.85. The van der Waals surface area contributed by atoms with Crippen LogP contribution in [0.4, 0.5) is 0 Å². The molecule has 0 aliphatic rings. The zero-order valence-electron chi connectivity index (χ0n) is 16.3. The molecule has 3 rings (SSSR count). The largest absolute Gasteiger partial charge is 0.493 e. The van der Waals surface area contributed by atoms with Gasteiger partial charge in [-0.15, -0.1) is 0 Å². The van der Waals surface area contributed by atoms with Crippen LogP contribution < -0.4 is 19.5 Å². The zero-order valence-corrected chi connectivity index (χ0v) is 17.9. The summed E-state index contributed by atoms with van der Waals surface area (Å²) in [6.07, 6.45) is 0. The Morgan fingerprint density at radius 1 is 0.897 bits per heavy atom. The van der Waals surface area contributed by atoms with Crippen molar-refractivity contribution in [3.05, 3.63) is 87.9 Å². The van der Waals surface area contributed by atoms with Crippen LogP contribution in [-0.2, 0) is 13.2 Å². The predicted molar refractivity (Wildman–Crippen MR) is 116 cm³/mol. The van der Waals surface area contributed by atoms with E-state index in [0.717, 1.165) is 15.6 Å². The van der Waals surface area contributed by atoms with E-state index in [9.17, 15) is 4.79 Å². The molecule has 0 saturated heterocycles. The number of amides is 1. The van der Waals surface area contributed by atoms with Gasteiger partial charge in [0.25, 0.3) is 5.91 Å². The molecule has 6 heteroatoms. The lowest BCUT2D eigenvalue weighted by Gasteiger charge is -2.16.